The summed E-state index contributed by atoms with van der Waals surface area (Å²) in [5, 5.41) is 9.61. The average molecular weight is 272 g/mol. The standard InChI is InChI=1S/C11H16N2O4S/c1-11(14)6-13(7-11)18(15,16)10-4-3-8(12)5-9(10)17-2/h3-5,14H,6-7,12H2,1-2H3. The normalized spacial score (nSPS) is 19.3. The van der Waals surface area contributed by atoms with Gasteiger partial charge in [0.05, 0.1) is 12.7 Å². The van der Waals surface area contributed by atoms with E-state index in [2.05, 4.69) is 0 Å². The van der Waals surface area contributed by atoms with Crippen LogP contribution >= 0.6 is 0 Å². The van der Waals surface area contributed by atoms with Gasteiger partial charge >= 0.3 is 0 Å². The highest BCUT2D eigenvalue weighted by atomic mass is 32.2. The zero-order valence-electron chi connectivity index (χ0n) is 10.3. The highest BCUT2D eigenvalue weighted by Gasteiger charge is 2.44. The van der Waals surface area contributed by atoms with Gasteiger partial charge in [-0.1, -0.05) is 0 Å². The Morgan fingerprint density at radius 3 is 2.56 bits per heavy atom. The first-order valence-corrected chi connectivity index (χ1v) is 6.86. The molecule has 0 radical (unpaired) electrons. The Balaban J connectivity index is 2.37. The minimum absolute atomic E-state index is 0.0645. The van der Waals surface area contributed by atoms with Crippen molar-refractivity contribution in [3.63, 3.8) is 0 Å². The molecule has 3 N–H and O–H groups in total. The molecule has 0 aliphatic carbocycles. The van der Waals surface area contributed by atoms with Crippen LogP contribution in [0.4, 0.5) is 5.69 Å². The van der Waals surface area contributed by atoms with Crippen LogP contribution in [-0.2, 0) is 10.0 Å². The molecule has 1 fully saturated rings. The molecule has 100 valence electrons. The van der Waals surface area contributed by atoms with Crippen molar-refractivity contribution in [3.05, 3.63) is 18.2 Å². The molecule has 1 saturated heterocycles. The lowest BCUT2D eigenvalue weighted by Crippen LogP contribution is -2.61. The van der Waals surface area contributed by atoms with Gasteiger partial charge in [0, 0.05) is 24.8 Å². The predicted octanol–water partition coefficient (Wildman–Crippen LogP) is 0.0327. The summed E-state index contributed by atoms with van der Waals surface area (Å²) in [4.78, 5) is 0.0645. The van der Waals surface area contributed by atoms with Crippen LogP contribution in [0.25, 0.3) is 0 Å². The fourth-order valence-corrected chi connectivity index (χ4v) is 3.73. The second-order valence-corrected chi connectivity index (χ2v) is 6.59. The topological polar surface area (TPSA) is 92.9 Å². The number of hydrogen-bond donors (Lipinski definition) is 2. The third-order valence-electron chi connectivity index (χ3n) is 2.84. The number of hydrogen-bond acceptors (Lipinski definition) is 5. The van der Waals surface area contributed by atoms with Gasteiger partial charge in [0.15, 0.2) is 0 Å². The zero-order chi connectivity index (χ0) is 13.6. The van der Waals surface area contributed by atoms with Crippen molar-refractivity contribution >= 4 is 15.7 Å². The molecule has 6 nitrogen and oxygen atoms in total. The number of ether oxygens (including phenoxy) is 1. The minimum atomic E-state index is -3.64. The number of methoxy groups -OCH3 is 1. The molecular weight excluding hydrogens is 256 g/mol. The van der Waals surface area contributed by atoms with Crippen LogP contribution in [0.15, 0.2) is 23.1 Å². The molecule has 0 spiro atoms. The van der Waals surface area contributed by atoms with Crippen molar-refractivity contribution in [2.45, 2.75) is 17.4 Å². The van der Waals surface area contributed by atoms with Crippen LogP contribution in [0, 0.1) is 0 Å². The number of nitrogens with zero attached hydrogens (tertiary/aromatic N) is 1. The lowest BCUT2D eigenvalue weighted by atomic mass is 10.0. The van der Waals surface area contributed by atoms with Crippen molar-refractivity contribution in [2.75, 3.05) is 25.9 Å². The minimum Gasteiger partial charge on any atom is -0.495 e. The molecule has 0 atom stereocenters. The van der Waals surface area contributed by atoms with Gasteiger partial charge in [0.1, 0.15) is 10.6 Å². The Labute approximate surface area is 106 Å². The molecule has 2 rings (SSSR count). The summed E-state index contributed by atoms with van der Waals surface area (Å²) in [5.74, 6) is 0.210. The summed E-state index contributed by atoms with van der Waals surface area (Å²) < 4.78 is 30.8. The molecule has 0 unspecified atom stereocenters. The molecule has 1 aromatic carbocycles. The summed E-state index contributed by atoms with van der Waals surface area (Å²) in [5.41, 5.74) is 5.07. The second kappa shape index (κ2) is 4.11. The summed E-state index contributed by atoms with van der Waals surface area (Å²) in [7, 11) is -2.25. The van der Waals surface area contributed by atoms with Gasteiger partial charge in [-0.05, 0) is 19.1 Å². The van der Waals surface area contributed by atoms with E-state index in [1.807, 2.05) is 0 Å². The molecule has 18 heavy (non-hydrogen) atoms. The third-order valence-corrected chi connectivity index (χ3v) is 4.67. The van der Waals surface area contributed by atoms with Crippen molar-refractivity contribution in [2.24, 2.45) is 0 Å². The number of benzene rings is 1. The lowest BCUT2D eigenvalue weighted by molar-refractivity contribution is -0.0426. The van der Waals surface area contributed by atoms with E-state index in [4.69, 9.17) is 10.5 Å². The maximum atomic E-state index is 12.3. The number of aliphatic hydroxyl groups is 1. The summed E-state index contributed by atoms with van der Waals surface area (Å²) in [6.07, 6.45) is 0. The number of β-amino-alcohol motifs (C(OH)–C–C–N with tert-alkyl or cyclic N) is 1. The molecule has 1 aliphatic heterocycles. The molecule has 0 bridgehead atoms. The predicted molar refractivity (Wildman–Crippen MR) is 66.8 cm³/mol. The zero-order valence-corrected chi connectivity index (χ0v) is 11.1. The highest BCUT2D eigenvalue weighted by Crippen LogP contribution is 2.33. The molecular formula is C11H16N2O4S. The quantitative estimate of drug-likeness (QED) is 0.757. The Kier molecular flexibility index (Phi) is 3.00. The summed E-state index contributed by atoms with van der Waals surface area (Å²) in [6.45, 7) is 1.77. The van der Waals surface area contributed by atoms with Crippen LogP contribution in [0.5, 0.6) is 5.75 Å². The Morgan fingerprint density at radius 2 is 2.06 bits per heavy atom. The van der Waals surface area contributed by atoms with Gasteiger partial charge in [0.25, 0.3) is 0 Å². The second-order valence-electron chi connectivity index (χ2n) is 4.68. The summed E-state index contributed by atoms with van der Waals surface area (Å²) >= 11 is 0. The monoisotopic (exact) mass is 272 g/mol. The van der Waals surface area contributed by atoms with Gasteiger partial charge in [-0.15, -0.1) is 0 Å². The third kappa shape index (κ3) is 2.16. The van der Waals surface area contributed by atoms with Crippen LogP contribution in [0.3, 0.4) is 0 Å². The fraction of sp³-hybridized carbons (Fsp3) is 0.455. The molecule has 1 aromatic rings. The lowest BCUT2D eigenvalue weighted by Gasteiger charge is -2.42. The van der Waals surface area contributed by atoms with E-state index in [-0.39, 0.29) is 23.7 Å². The first kappa shape index (κ1) is 13.1. The molecule has 0 aromatic heterocycles. The van der Waals surface area contributed by atoms with Crippen molar-refractivity contribution in [3.8, 4) is 5.75 Å². The van der Waals surface area contributed by atoms with E-state index in [9.17, 15) is 13.5 Å². The van der Waals surface area contributed by atoms with Crippen LogP contribution < -0.4 is 10.5 Å². The SMILES string of the molecule is COc1cc(N)ccc1S(=O)(=O)N1CC(C)(O)C1. The molecule has 7 heteroatoms. The Morgan fingerprint density at radius 1 is 1.44 bits per heavy atom. The molecule has 1 heterocycles. The number of nitrogen functional groups attached to an aromatic ring is 1. The number of anilines is 1. The van der Waals surface area contributed by atoms with Gasteiger partial charge in [-0.25, -0.2) is 8.42 Å². The van der Waals surface area contributed by atoms with E-state index >= 15 is 0 Å². The van der Waals surface area contributed by atoms with Gasteiger partial charge < -0.3 is 15.6 Å². The maximum absolute atomic E-state index is 12.3. The van der Waals surface area contributed by atoms with E-state index in [0.29, 0.717) is 5.69 Å². The number of nitrogens with two attached hydrogens (primary N) is 1. The van der Waals surface area contributed by atoms with E-state index in [1.54, 1.807) is 6.92 Å². The fourth-order valence-electron chi connectivity index (χ4n) is 1.92. The van der Waals surface area contributed by atoms with Crippen LogP contribution in [0.2, 0.25) is 0 Å². The van der Waals surface area contributed by atoms with Crippen molar-refractivity contribution in [1.82, 2.24) is 4.31 Å². The Hall–Kier alpha value is -1.31. The number of sulfonamides is 1. The van der Waals surface area contributed by atoms with Crippen molar-refractivity contribution in [1.29, 1.82) is 0 Å². The first-order valence-electron chi connectivity index (χ1n) is 5.42. The smallest absolute Gasteiger partial charge is 0.246 e. The van der Waals surface area contributed by atoms with Gasteiger partial charge in [0.2, 0.25) is 10.0 Å². The summed E-state index contributed by atoms with van der Waals surface area (Å²) in [6, 6.07) is 4.38. The van der Waals surface area contributed by atoms with Gasteiger partial charge in [-0.2, -0.15) is 4.31 Å². The maximum Gasteiger partial charge on any atom is 0.246 e. The molecule has 0 amide bonds. The molecule has 1 aliphatic rings. The van der Waals surface area contributed by atoms with Crippen molar-refractivity contribution < 1.29 is 18.3 Å². The Bertz CT molecular complexity index is 560. The van der Waals surface area contributed by atoms with E-state index in [0.717, 1.165) is 0 Å². The highest BCUT2D eigenvalue weighted by molar-refractivity contribution is 7.89. The average Bonchev–Trinajstić information content (AvgIpc) is 2.25. The first-order chi connectivity index (χ1) is 8.26. The molecule has 0 saturated carbocycles. The van der Waals surface area contributed by atoms with E-state index in [1.165, 1.54) is 29.6 Å². The number of rotatable bonds is 3. The van der Waals surface area contributed by atoms with Gasteiger partial charge in [-0.3, -0.25) is 0 Å². The largest absolute Gasteiger partial charge is 0.495 e. The van der Waals surface area contributed by atoms with E-state index < -0.39 is 15.6 Å². The van der Waals surface area contributed by atoms with Crippen LogP contribution in [0.1, 0.15) is 6.92 Å². The van der Waals surface area contributed by atoms with Crippen LogP contribution in [-0.4, -0.2) is 43.6 Å².